The largest absolute Gasteiger partial charge is 0.0516 e. The molecule has 45 heavy (non-hydrogen) atoms. The molecule has 1 aliphatic carbocycles. The zero-order chi connectivity index (χ0) is 34.4. The Labute approximate surface area is 276 Å². The molecule has 0 unspecified atom stereocenters. The maximum Gasteiger partial charge on any atom is 0.0164 e. The van der Waals surface area contributed by atoms with E-state index in [9.17, 15) is 0 Å². The predicted molar refractivity (Wildman–Crippen MR) is 201 cm³/mol. The molecule has 4 aromatic rings. The van der Waals surface area contributed by atoms with Crippen LogP contribution in [0.4, 0.5) is 0 Å². The van der Waals surface area contributed by atoms with Gasteiger partial charge in [0.25, 0.3) is 0 Å². The van der Waals surface area contributed by atoms with Crippen molar-refractivity contribution in [3.63, 3.8) is 0 Å². The van der Waals surface area contributed by atoms with Gasteiger partial charge in [-0.25, -0.2) is 0 Å². The highest BCUT2D eigenvalue weighted by molar-refractivity contribution is 5.90. The average molecular weight is 601 g/mol. The highest BCUT2D eigenvalue weighted by Crippen LogP contribution is 2.56. The van der Waals surface area contributed by atoms with Crippen molar-refractivity contribution in [2.75, 3.05) is 0 Å². The van der Waals surface area contributed by atoms with Crippen LogP contribution < -0.4 is 0 Å². The van der Waals surface area contributed by atoms with E-state index < -0.39 is 0 Å². The molecule has 4 aromatic carbocycles. The normalized spacial score (nSPS) is 13.1. The Morgan fingerprint density at radius 1 is 0.200 bits per heavy atom. The van der Waals surface area contributed by atoms with Gasteiger partial charge in [-0.2, -0.15) is 0 Å². The molecule has 0 bridgehead atoms. The van der Waals surface area contributed by atoms with Crippen LogP contribution in [0.15, 0.2) is 0 Å². The quantitative estimate of drug-likeness (QED) is 0.204. The SMILES string of the molecule is Cc1c(C)c(C)c(-c2c(C)c(C)c(C)c(C)c2C)c(C)c1C.Cc1c(C)c(C)c2c(c1C)-c1c(C)c(C)c(C)c(C)c1C2(C)C. The third-order valence-corrected chi connectivity index (χ3v) is 13.1. The molecular formula is C45H60. The molecule has 0 radical (unpaired) electrons. The summed E-state index contributed by atoms with van der Waals surface area (Å²) >= 11 is 0. The van der Waals surface area contributed by atoms with E-state index in [-0.39, 0.29) is 5.41 Å². The van der Waals surface area contributed by atoms with Crippen LogP contribution in [0, 0.1) is 125 Å². The van der Waals surface area contributed by atoms with E-state index in [1.54, 1.807) is 11.1 Å². The molecule has 0 spiro atoms. The van der Waals surface area contributed by atoms with Crippen LogP contribution in [0.1, 0.15) is 125 Å². The standard InChI is InChI=1S/C23H30.C22H30/c1-11-13(3)17(7)21-19(15(11)5)20-16(6)12(2)14(4)18(8)22(20)23(21,9)10;1-11-13(3)17(7)21(18(8)14(11)4)22-19(9)15(5)12(2)16(6)20(22)10/h1-10H3;1-10H3. The van der Waals surface area contributed by atoms with Gasteiger partial charge in [-0.05, 0) is 258 Å². The molecule has 0 saturated carbocycles. The second-order valence-electron chi connectivity index (χ2n) is 15.1. The van der Waals surface area contributed by atoms with Gasteiger partial charge in [0.05, 0.1) is 0 Å². The minimum absolute atomic E-state index is 0.0886. The van der Waals surface area contributed by atoms with Crippen LogP contribution >= 0.6 is 0 Å². The fraction of sp³-hybridized carbons (Fsp3) is 0.467. The van der Waals surface area contributed by atoms with E-state index in [1.807, 2.05) is 0 Å². The Morgan fingerprint density at radius 2 is 0.356 bits per heavy atom. The van der Waals surface area contributed by atoms with E-state index in [0.29, 0.717) is 0 Å². The topological polar surface area (TPSA) is 0 Å². The summed E-state index contributed by atoms with van der Waals surface area (Å²) in [6.45, 7) is 45.9. The third kappa shape index (κ3) is 4.85. The van der Waals surface area contributed by atoms with Crippen LogP contribution in [0.25, 0.3) is 22.3 Å². The van der Waals surface area contributed by atoms with Crippen molar-refractivity contribution in [2.45, 2.75) is 144 Å². The van der Waals surface area contributed by atoms with Crippen LogP contribution in [-0.2, 0) is 5.41 Å². The smallest absolute Gasteiger partial charge is 0.0164 e. The highest BCUT2D eigenvalue weighted by atomic mass is 14.4. The Hall–Kier alpha value is -3.12. The summed E-state index contributed by atoms with van der Waals surface area (Å²) in [7, 11) is 0. The number of hydrogen-bond donors (Lipinski definition) is 0. The van der Waals surface area contributed by atoms with E-state index in [4.69, 9.17) is 0 Å². The third-order valence-electron chi connectivity index (χ3n) is 13.1. The van der Waals surface area contributed by atoms with Crippen LogP contribution in [-0.4, -0.2) is 0 Å². The first kappa shape index (κ1) is 34.7. The van der Waals surface area contributed by atoms with Gasteiger partial charge in [-0.3, -0.25) is 0 Å². The van der Waals surface area contributed by atoms with E-state index >= 15 is 0 Å². The zero-order valence-corrected chi connectivity index (χ0v) is 32.5. The average Bonchev–Trinajstić information content (AvgIpc) is 3.25. The molecule has 0 saturated heterocycles. The molecule has 0 nitrogen and oxygen atoms in total. The molecular weight excluding hydrogens is 540 g/mol. The minimum Gasteiger partial charge on any atom is -0.0516 e. The molecule has 0 heterocycles. The van der Waals surface area contributed by atoms with Gasteiger partial charge in [-0.1, -0.05) is 13.8 Å². The fourth-order valence-corrected chi connectivity index (χ4v) is 8.69. The number of rotatable bonds is 1. The molecule has 0 amide bonds. The van der Waals surface area contributed by atoms with Crippen molar-refractivity contribution >= 4 is 0 Å². The summed E-state index contributed by atoms with van der Waals surface area (Å²) in [6.07, 6.45) is 0. The Balaban J connectivity index is 0.000000205. The van der Waals surface area contributed by atoms with Crippen molar-refractivity contribution < 1.29 is 0 Å². The van der Waals surface area contributed by atoms with Gasteiger partial charge in [0.1, 0.15) is 0 Å². The van der Waals surface area contributed by atoms with Crippen molar-refractivity contribution in [1.29, 1.82) is 0 Å². The van der Waals surface area contributed by atoms with Crippen molar-refractivity contribution in [3.8, 4) is 22.3 Å². The van der Waals surface area contributed by atoms with Gasteiger partial charge in [0.15, 0.2) is 0 Å². The number of fused-ring (bicyclic) bond motifs is 3. The van der Waals surface area contributed by atoms with Gasteiger partial charge in [-0.15, -0.1) is 0 Å². The maximum atomic E-state index is 2.42. The van der Waals surface area contributed by atoms with Gasteiger partial charge in [0, 0.05) is 5.41 Å². The van der Waals surface area contributed by atoms with Crippen molar-refractivity contribution in [2.24, 2.45) is 0 Å². The van der Waals surface area contributed by atoms with Gasteiger partial charge in [0.2, 0.25) is 0 Å². The monoisotopic (exact) mass is 600 g/mol. The molecule has 0 heteroatoms. The molecule has 0 N–H and O–H groups in total. The van der Waals surface area contributed by atoms with Crippen LogP contribution in [0.5, 0.6) is 0 Å². The molecule has 1 aliphatic rings. The Bertz CT molecular complexity index is 1720. The first-order valence-corrected chi connectivity index (χ1v) is 17.0. The molecule has 5 rings (SSSR count). The molecule has 0 aliphatic heterocycles. The van der Waals surface area contributed by atoms with E-state index in [0.717, 1.165) is 0 Å². The molecule has 0 atom stereocenters. The van der Waals surface area contributed by atoms with E-state index in [2.05, 4.69) is 138 Å². The summed E-state index contributed by atoms with van der Waals surface area (Å²) in [5, 5.41) is 0. The van der Waals surface area contributed by atoms with Crippen LogP contribution in [0.2, 0.25) is 0 Å². The number of benzene rings is 4. The molecule has 240 valence electrons. The first-order chi connectivity index (χ1) is 20.6. The van der Waals surface area contributed by atoms with Gasteiger partial charge < -0.3 is 0 Å². The second kappa shape index (κ2) is 11.6. The van der Waals surface area contributed by atoms with Crippen molar-refractivity contribution in [1.82, 2.24) is 0 Å². The minimum atomic E-state index is 0.0886. The lowest BCUT2D eigenvalue weighted by molar-refractivity contribution is 0.648. The predicted octanol–water partition coefficient (Wildman–Crippen LogP) is 12.9. The summed E-state index contributed by atoms with van der Waals surface area (Å²) in [6, 6.07) is 0. The zero-order valence-electron chi connectivity index (χ0n) is 32.5. The lowest BCUT2D eigenvalue weighted by atomic mass is 9.76. The Kier molecular flexibility index (Phi) is 8.95. The molecule has 0 fully saturated rings. The lowest BCUT2D eigenvalue weighted by Crippen LogP contribution is -2.19. The summed E-state index contributed by atoms with van der Waals surface area (Å²) in [4.78, 5) is 0. The van der Waals surface area contributed by atoms with Crippen molar-refractivity contribution in [3.05, 3.63) is 111 Å². The fourth-order valence-electron chi connectivity index (χ4n) is 8.69. The maximum absolute atomic E-state index is 2.42. The highest BCUT2D eigenvalue weighted by Gasteiger charge is 2.41. The van der Waals surface area contributed by atoms with Crippen LogP contribution in [0.3, 0.4) is 0 Å². The van der Waals surface area contributed by atoms with E-state index in [1.165, 1.54) is 122 Å². The lowest BCUT2D eigenvalue weighted by Gasteiger charge is -2.28. The van der Waals surface area contributed by atoms with Gasteiger partial charge >= 0.3 is 0 Å². The summed E-state index contributed by atoms with van der Waals surface area (Å²) in [5.41, 5.74) is 35.3. The Morgan fingerprint density at radius 3 is 0.578 bits per heavy atom. The molecule has 0 aromatic heterocycles. The second-order valence-corrected chi connectivity index (χ2v) is 15.1. The summed E-state index contributed by atoms with van der Waals surface area (Å²) in [5.74, 6) is 0. The summed E-state index contributed by atoms with van der Waals surface area (Å²) < 4.78 is 0. The number of hydrogen-bond acceptors (Lipinski definition) is 0. The first-order valence-electron chi connectivity index (χ1n) is 17.0.